The number of hydrogen-bond donors (Lipinski definition) is 0. The van der Waals surface area contributed by atoms with Gasteiger partial charge >= 0.3 is 17.9 Å². The van der Waals surface area contributed by atoms with Crippen LogP contribution in [0.25, 0.3) is 0 Å². The number of carbonyl (C=O) groups is 3. The van der Waals surface area contributed by atoms with Gasteiger partial charge in [0.05, 0.1) is 6.61 Å². The molecule has 0 amide bonds. The lowest BCUT2D eigenvalue weighted by atomic mass is 9.98. The molecule has 9 nitrogen and oxygen atoms in total. The number of benzene rings is 2. The second kappa shape index (κ2) is 12.9. The van der Waals surface area contributed by atoms with Crippen molar-refractivity contribution in [2.75, 3.05) is 13.7 Å². The van der Waals surface area contributed by atoms with Gasteiger partial charge in [-0.25, -0.2) is 0 Å². The number of ether oxygens (including phenoxy) is 5. The third-order valence-corrected chi connectivity index (χ3v) is 11.6. The first kappa shape index (κ1) is 30.5. The Labute approximate surface area is 230 Å². The molecule has 0 spiro atoms. The fraction of sp³-hybridized carbons (Fsp3) is 0.483. The van der Waals surface area contributed by atoms with Crippen LogP contribution < -0.4 is 10.4 Å². The molecule has 0 bridgehead atoms. The first-order valence-corrected chi connectivity index (χ1v) is 14.8. The van der Waals surface area contributed by atoms with E-state index in [4.69, 9.17) is 28.1 Å². The minimum absolute atomic E-state index is 0.0182. The van der Waals surface area contributed by atoms with Crippen LogP contribution in [0.2, 0.25) is 5.04 Å². The second-order valence-corrected chi connectivity index (χ2v) is 14.8. The molecule has 3 rings (SSSR count). The molecule has 1 saturated heterocycles. The van der Waals surface area contributed by atoms with Crippen LogP contribution in [0.3, 0.4) is 0 Å². The van der Waals surface area contributed by atoms with Crippen LogP contribution in [0.1, 0.15) is 41.5 Å². The largest absolute Gasteiger partial charge is 0.456 e. The van der Waals surface area contributed by atoms with Gasteiger partial charge in [0.2, 0.25) is 0 Å². The number of carbonyl (C=O) groups excluding carboxylic acids is 3. The van der Waals surface area contributed by atoms with Crippen LogP contribution in [0.5, 0.6) is 0 Å². The van der Waals surface area contributed by atoms with E-state index in [0.29, 0.717) is 0 Å². The van der Waals surface area contributed by atoms with Gasteiger partial charge in [-0.3, -0.25) is 14.4 Å². The van der Waals surface area contributed by atoms with Crippen molar-refractivity contribution in [2.45, 2.75) is 77.3 Å². The minimum atomic E-state index is -2.99. The maximum Gasteiger partial charge on any atom is 0.303 e. The van der Waals surface area contributed by atoms with Gasteiger partial charge in [-0.05, 0) is 15.4 Å². The van der Waals surface area contributed by atoms with Crippen molar-refractivity contribution in [1.29, 1.82) is 0 Å². The molecule has 1 aliphatic rings. The Hall–Kier alpha value is -3.05. The van der Waals surface area contributed by atoms with E-state index in [1.165, 1.54) is 27.9 Å². The summed E-state index contributed by atoms with van der Waals surface area (Å²) in [5, 5.41) is 1.79. The summed E-state index contributed by atoms with van der Waals surface area (Å²) in [4.78, 5) is 36.2. The van der Waals surface area contributed by atoms with Crippen LogP contribution in [0, 0.1) is 0 Å². The van der Waals surface area contributed by atoms with Crippen molar-refractivity contribution < 1.29 is 42.5 Å². The molecule has 1 fully saturated rings. The summed E-state index contributed by atoms with van der Waals surface area (Å²) < 4.78 is 35.3. The molecule has 2 aromatic rings. The first-order chi connectivity index (χ1) is 18.4. The molecule has 2 unspecified atom stereocenters. The normalized spacial score (nSPS) is 23.5. The average Bonchev–Trinajstić information content (AvgIpc) is 2.87. The van der Waals surface area contributed by atoms with E-state index in [1.54, 1.807) is 0 Å². The van der Waals surface area contributed by atoms with Gasteiger partial charge < -0.3 is 28.1 Å². The van der Waals surface area contributed by atoms with Gasteiger partial charge in [0.25, 0.3) is 8.32 Å². The number of hydrogen-bond acceptors (Lipinski definition) is 9. The fourth-order valence-electron chi connectivity index (χ4n) is 5.15. The zero-order chi connectivity index (χ0) is 28.8. The molecule has 39 heavy (non-hydrogen) atoms. The van der Waals surface area contributed by atoms with Crippen molar-refractivity contribution >= 4 is 36.6 Å². The predicted octanol–water partition coefficient (Wildman–Crippen LogP) is 2.73. The minimum Gasteiger partial charge on any atom is -0.456 e. The Kier molecular flexibility index (Phi) is 10.1. The Morgan fingerprint density at radius 3 is 1.59 bits per heavy atom. The Bertz CT molecular complexity index is 1080. The highest BCUT2D eigenvalue weighted by Gasteiger charge is 2.55. The summed E-state index contributed by atoms with van der Waals surface area (Å²) in [7, 11) is -1.60. The SMILES string of the molecule is CO[C@H]1OC(CO[Si](c2ccccc2)(c2ccccc2)C(C)(C)C)[C@@H](OC(C)=O)[C@@H](OC(C)=O)C1OC(C)=O. The van der Waals surface area contributed by atoms with E-state index < -0.39 is 56.9 Å². The van der Waals surface area contributed by atoms with Gasteiger partial charge in [0.15, 0.2) is 24.6 Å². The predicted molar refractivity (Wildman–Crippen MR) is 146 cm³/mol. The molecule has 212 valence electrons. The van der Waals surface area contributed by atoms with Crippen LogP contribution in [0.15, 0.2) is 60.7 Å². The Balaban J connectivity index is 2.09. The Morgan fingerprint density at radius 1 is 0.744 bits per heavy atom. The van der Waals surface area contributed by atoms with E-state index in [-0.39, 0.29) is 11.6 Å². The highest BCUT2D eigenvalue weighted by atomic mass is 28.4. The highest BCUT2D eigenvalue weighted by molar-refractivity contribution is 6.99. The summed E-state index contributed by atoms with van der Waals surface area (Å²) in [5.74, 6) is -1.89. The van der Waals surface area contributed by atoms with Crippen molar-refractivity contribution in [3.05, 3.63) is 60.7 Å². The average molecular weight is 559 g/mol. The lowest BCUT2D eigenvalue weighted by Gasteiger charge is -2.47. The van der Waals surface area contributed by atoms with Gasteiger partial charge in [-0.2, -0.15) is 0 Å². The van der Waals surface area contributed by atoms with E-state index in [2.05, 4.69) is 45.0 Å². The second-order valence-electron chi connectivity index (χ2n) is 10.5. The molecule has 2 aromatic carbocycles. The molecule has 0 saturated carbocycles. The van der Waals surface area contributed by atoms with Gasteiger partial charge in [0, 0.05) is 27.9 Å². The third kappa shape index (κ3) is 6.94. The molecular formula is C29H38O9Si. The molecule has 0 N–H and O–H groups in total. The van der Waals surface area contributed by atoms with Gasteiger partial charge in [-0.1, -0.05) is 81.4 Å². The standard InChI is InChI=1S/C29H38O9Si/c1-19(30)35-25-24(38-28(33-7)27(37-21(3)32)26(25)36-20(2)31)18-34-39(29(4,5)6,22-14-10-8-11-15-22)23-16-12-9-13-17-23/h8-17,24-28H,18H2,1-7H3/t24?,25-,26-,27?,28+/m1/s1. The Morgan fingerprint density at radius 2 is 1.18 bits per heavy atom. The molecule has 0 aromatic heterocycles. The number of methoxy groups -OCH3 is 1. The lowest BCUT2D eigenvalue weighted by Crippen LogP contribution is -2.68. The fourth-order valence-corrected chi connectivity index (χ4v) is 9.72. The summed E-state index contributed by atoms with van der Waals surface area (Å²) in [5.41, 5.74) is 0. The molecule has 10 heteroatoms. The smallest absolute Gasteiger partial charge is 0.303 e. The number of rotatable bonds is 9. The van der Waals surface area contributed by atoms with Crippen molar-refractivity contribution in [2.24, 2.45) is 0 Å². The van der Waals surface area contributed by atoms with E-state index in [9.17, 15) is 14.4 Å². The topological polar surface area (TPSA) is 107 Å². The summed E-state index contributed by atoms with van der Waals surface area (Å²) in [6.45, 7) is 10.1. The van der Waals surface area contributed by atoms with Gasteiger partial charge in [0.1, 0.15) is 6.10 Å². The summed E-state index contributed by atoms with van der Waals surface area (Å²) >= 11 is 0. The molecular weight excluding hydrogens is 520 g/mol. The summed E-state index contributed by atoms with van der Waals surface area (Å²) in [6, 6.07) is 20.1. The monoisotopic (exact) mass is 558 g/mol. The van der Waals surface area contributed by atoms with Crippen molar-refractivity contribution in [3.8, 4) is 0 Å². The number of esters is 3. The third-order valence-electron chi connectivity index (χ3n) is 6.61. The molecule has 1 heterocycles. The van der Waals surface area contributed by atoms with E-state index in [0.717, 1.165) is 10.4 Å². The van der Waals surface area contributed by atoms with Gasteiger partial charge in [-0.15, -0.1) is 0 Å². The van der Waals surface area contributed by atoms with E-state index in [1.807, 2.05) is 36.4 Å². The molecule has 1 aliphatic heterocycles. The van der Waals surface area contributed by atoms with Crippen LogP contribution >= 0.6 is 0 Å². The molecule has 0 radical (unpaired) electrons. The van der Waals surface area contributed by atoms with Crippen LogP contribution in [0.4, 0.5) is 0 Å². The lowest BCUT2D eigenvalue weighted by molar-refractivity contribution is -0.301. The van der Waals surface area contributed by atoms with Crippen LogP contribution in [-0.2, 0) is 42.5 Å². The van der Waals surface area contributed by atoms with Crippen molar-refractivity contribution in [1.82, 2.24) is 0 Å². The maximum absolute atomic E-state index is 12.2. The zero-order valence-electron chi connectivity index (χ0n) is 23.5. The maximum atomic E-state index is 12.2. The van der Waals surface area contributed by atoms with E-state index >= 15 is 0 Å². The van der Waals surface area contributed by atoms with Crippen molar-refractivity contribution in [3.63, 3.8) is 0 Å². The molecule has 0 aliphatic carbocycles. The summed E-state index contributed by atoms with van der Waals surface area (Å²) in [6.07, 6.45) is -5.47. The first-order valence-electron chi connectivity index (χ1n) is 12.9. The van der Waals surface area contributed by atoms with Crippen LogP contribution in [-0.4, -0.2) is 70.6 Å². The highest BCUT2D eigenvalue weighted by Crippen LogP contribution is 2.38. The zero-order valence-corrected chi connectivity index (χ0v) is 24.5. The quantitative estimate of drug-likeness (QED) is 0.261. The molecule has 5 atom stereocenters.